The van der Waals surface area contributed by atoms with Crippen LogP contribution in [0.2, 0.25) is 0 Å². The molecule has 0 aromatic heterocycles. The molecule has 0 aromatic rings. The van der Waals surface area contributed by atoms with Gasteiger partial charge in [-0.15, -0.1) is 0 Å². The Hall–Kier alpha value is -0.830. The van der Waals surface area contributed by atoms with Crippen LogP contribution in [-0.2, 0) is 4.79 Å². The molecular formula is C25H39NO2. The van der Waals surface area contributed by atoms with Crippen LogP contribution in [0.1, 0.15) is 84.5 Å². The van der Waals surface area contributed by atoms with E-state index < -0.39 is 0 Å². The first-order valence-electron chi connectivity index (χ1n) is 12.1. The van der Waals surface area contributed by atoms with E-state index in [1.807, 2.05) is 0 Å². The predicted molar refractivity (Wildman–Crippen MR) is 112 cm³/mol. The van der Waals surface area contributed by atoms with Gasteiger partial charge in [-0.25, -0.2) is 0 Å². The molecule has 156 valence electrons. The van der Waals surface area contributed by atoms with Gasteiger partial charge in [0.1, 0.15) is 0 Å². The number of likely N-dealkylation sites (tertiary alicyclic amines) is 1. The fraction of sp³-hybridized carbons (Fsp3) is 0.880. The summed E-state index contributed by atoms with van der Waals surface area (Å²) >= 11 is 0. The van der Waals surface area contributed by atoms with Crippen LogP contribution in [0, 0.1) is 34.5 Å². The van der Waals surface area contributed by atoms with Gasteiger partial charge in [-0.3, -0.25) is 4.79 Å². The van der Waals surface area contributed by atoms with Gasteiger partial charge >= 0.3 is 0 Å². The fourth-order valence-corrected chi connectivity index (χ4v) is 8.29. The highest BCUT2D eigenvalue weighted by Crippen LogP contribution is 2.66. The third-order valence-corrected chi connectivity index (χ3v) is 10.0. The molecule has 4 saturated carbocycles. The zero-order valence-electron chi connectivity index (χ0n) is 18.0. The van der Waals surface area contributed by atoms with Crippen molar-refractivity contribution >= 4 is 5.78 Å². The lowest BCUT2D eigenvalue weighted by Crippen LogP contribution is -2.54. The van der Waals surface area contributed by atoms with Crippen LogP contribution in [-0.4, -0.2) is 35.0 Å². The summed E-state index contributed by atoms with van der Waals surface area (Å²) in [5.74, 6) is 3.21. The van der Waals surface area contributed by atoms with Crippen LogP contribution in [0.3, 0.4) is 0 Å². The van der Waals surface area contributed by atoms with E-state index >= 15 is 0 Å². The van der Waals surface area contributed by atoms with E-state index in [0.717, 1.165) is 50.3 Å². The van der Waals surface area contributed by atoms with Crippen LogP contribution >= 0.6 is 0 Å². The zero-order valence-corrected chi connectivity index (χ0v) is 18.0. The number of carbonyl (C=O) groups excluding carboxylic acids is 1. The van der Waals surface area contributed by atoms with Gasteiger partial charge in [-0.2, -0.15) is 0 Å². The Kier molecular flexibility index (Phi) is 4.69. The lowest BCUT2D eigenvalue weighted by molar-refractivity contribution is -0.141. The second-order valence-electron chi connectivity index (χ2n) is 11.3. The number of piperidine rings is 1. The van der Waals surface area contributed by atoms with Gasteiger partial charge < -0.3 is 10.0 Å². The van der Waals surface area contributed by atoms with Crippen LogP contribution in [0.15, 0.2) is 11.8 Å². The van der Waals surface area contributed by atoms with Crippen molar-refractivity contribution in [2.45, 2.75) is 90.6 Å². The van der Waals surface area contributed by atoms with Gasteiger partial charge in [0.15, 0.2) is 5.78 Å². The fourth-order valence-electron chi connectivity index (χ4n) is 8.29. The maximum Gasteiger partial charge on any atom is 0.166 e. The molecule has 1 saturated heterocycles. The lowest BCUT2D eigenvalue weighted by Gasteiger charge is -2.59. The molecule has 1 heterocycles. The normalized spacial score (nSPS) is 50.2. The number of aliphatic hydroxyl groups excluding tert-OH is 1. The summed E-state index contributed by atoms with van der Waals surface area (Å²) in [5, 5.41) is 10.2. The van der Waals surface area contributed by atoms with Gasteiger partial charge in [-0.1, -0.05) is 13.8 Å². The largest absolute Gasteiger partial charge is 0.393 e. The van der Waals surface area contributed by atoms with E-state index in [2.05, 4.69) is 24.9 Å². The predicted octanol–water partition coefficient (Wildman–Crippen LogP) is 4.94. The average Bonchev–Trinajstić information content (AvgIpc) is 2.94. The number of allylic oxidation sites excluding steroid dienone is 1. The highest BCUT2D eigenvalue weighted by Gasteiger charge is 2.61. The number of Topliss-reactive ketones (excluding diaryl/α,β-unsaturated/α-hetero) is 1. The molecule has 0 bridgehead atoms. The van der Waals surface area contributed by atoms with E-state index in [1.54, 1.807) is 0 Å². The number of aliphatic hydroxyl groups is 1. The molecule has 0 radical (unpaired) electrons. The van der Waals surface area contributed by atoms with Crippen molar-refractivity contribution in [3.63, 3.8) is 0 Å². The van der Waals surface area contributed by atoms with E-state index in [-0.39, 0.29) is 11.5 Å². The zero-order chi connectivity index (χ0) is 19.5. The molecule has 4 aliphatic carbocycles. The summed E-state index contributed by atoms with van der Waals surface area (Å²) in [6, 6.07) is 0. The smallest absolute Gasteiger partial charge is 0.166 e. The second-order valence-corrected chi connectivity index (χ2v) is 11.3. The van der Waals surface area contributed by atoms with Gasteiger partial charge in [0.05, 0.1) is 6.10 Å². The Labute approximate surface area is 170 Å². The minimum Gasteiger partial charge on any atom is -0.393 e. The number of nitrogens with zero attached hydrogens (tertiary/aromatic N) is 1. The molecule has 0 unspecified atom stereocenters. The second kappa shape index (κ2) is 6.86. The molecule has 5 rings (SSSR count). The van der Waals surface area contributed by atoms with E-state index in [1.165, 1.54) is 44.9 Å². The van der Waals surface area contributed by atoms with Crippen molar-refractivity contribution in [1.29, 1.82) is 0 Å². The molecule has 0 amide bonds. The first kappa shape index (κ1) is 19.2. The highest BCUT2D eigenvalue weighted by molar-refractivity contribution is 6.02. The topological polar surface area (TPSA) is 40.5 Å². The average molecular weight is 386 g/mol. The molecule has 5 aliphatic rings. The van der Waals surface area contributed by atoms with Crippen molar-refractivity contribution in [2.75, 3.05) is 13.1 Å². The molecule has 3 heteroatoms. The van der Waals surface area contributed by atoms with Gasteiger partial charge in [0.2, 0.25) is 0 Å². The summed E-state index contributed by atoms with van der Waals surface area (Å²) in [7, 11) is 0. The first-order chi connectivity index (χ1) is 13.4. The monoisotopic (exact) mass is 385 g/mol. The van der Waals surface area contributed by atoms with Gasteiger partial charge in [0.25, 0.3) is 0 Å². The highest BCUT2D eigenvalue weighted by atomic mass is 16.3. The standard InChI is InChI=1S/C25H39NO2/c1-24-10-8-19(27)15-18(24)6-7-20-21(24)9-11-25(2)22(20)14-17(23(25)28)16-26-12-4-3-5-13-26/h16,18-22,27H,3-15H2,1-2H3/b17-16+/t18-,19+,20+,21-,22-,24-,25-/m0/s1. The molecule has 3 nitrogen and oxygen atoms in total. The van der Waals surface area contributed by atoms with Crippen molar-refractivity contribution in [2.24, 2.45) is 34.5 Å². The Morgan fingerprint density at radius 3 is 2.57 bits per heavy atom. The Bertz CT molecular complexity index is 665. The van der Waals surface area contributed by atoms with Crippen molar-refractivity contribution < 1.29 is 9.90 Å². The van der Waals surface area contributed by atoms with Crippen molar-refractivity contribution in [3.8, 4) is 0 Å². The third-order valence-electron chi connectivity index (χ3n) is 10.0. The number of carbonyl (C=O) groups is 1. The van der Waals surface area contributed by atoms with Crippen LogP contribution < -0.4 is 0 Å². The molecule has 1 N–H and O–H groups in total. The van der Waals surface area contributed by atoms with Gasteiger partial charge in [-0.05, 0) is 99.7 Å². The minimum absolute atomic E-state index is 0.0735. The van der Waals surface area contributed by atoms with Crippen LogP contribution in [0.4, 0.5) is 0 Å². The SMILES string of the molecule is C[C@]12CC[C@@H](O)C[C@@H]1CC[C@@H]1[C@@H]2CC[C@]2(C)C(=O)/C(=C/N3CCCCC3)C[C@@H]12. The van der Waals surface area contributed by atoms with Crippen molar-refractivity contribution in [1.82, 2.24) is 4.90 Å². The van der Waals surface area contributed by atoms with E-state index in [0.29, 0.717) is 29.0 Å². The molecule has 0 aromatic carbocycles. The Balaban J connectivity index is 1.40. The third kappa shape index (κ3) is 2.82. The molecule has 7 atom stereocenters. The number of ketones is 1. The lowest BCUT2D eigenvalue weighted by atomic mass is 9.45. The minimum atomic E-state index is -0.111. The molecule has 5 fully saturated rings. The summed E-state index contributed by atoms with van der Waals surface area (Å²) in [4.78, 5) is 15.9. The molecule has 28 heavy (non-hydrogen) atoms. The maximum atomic E-state index is 13.5. The Morgan fingerprint density at radius 2 is 1.79 bits per heavy atom. The molecule has 1 aliphatic heterocycles. The van der Waals surface area contributed by atoms with Crippen LogP contribution in [0.5, 0.6) is 0 Å². The summed E-state index contributed by atoms with van der Waals surface area (Å²) in [5.41, 5.74) is 1.42. The summed E-state index contributed by atoms with van der Waals surface area (Å²) < 4.78 is 0. The summed E-state index contributed by atoms with van der Waals surface area (Å²) in [6.45, 7) is 7.09. The van der Waals surface area contributed by atoms with Crippen LogP contribution in [0.25, 0.3) is 0 Å². The quantitative estimate of drug-likeness (QED) is 0.650. The summed E-state index contributed by atoms with van der Waals surface area (Å²) in [6.07, 6.45) is 15.1. The van der Waals surface area contributed by atoms with E-state index in [4.69, 9.17) is 0 Å². The molecular weight excluding hydrogens is 346 g/mol. The molecule has 0 spiro atoms. The number of hydrogen-bond acceptors (Lipinski definition) is 3. The van der Waals surface area contributed by atoms with Crippen molar-refractivity contribution in [3.05, 3.63) is 11.8 Å². The maximum absolute atomic E-state index is 13.5. The number of fused-ring (bicyclic) bond motifs is 5. The number of rotatable bonds is 1. The first-order valence-corrected chi connectivity index (χ1v) is 12.1. The number of hydrogen-bond donors (Lipinski definition) is 1. The Morgan fingerprint density at radius 1 is 1.00 bits per heavy atom. The van der Waals surface area contributed by atoms with E-state index in [9.17, 15) is 9.90 Å². The van der Waals surface area contributed by atoms with Gasteiger partial charge in [0, 0.05) is 30.3 Å².